The summed E-state index contributed by atoms with van der Waals surface area (Å²) < 4.78 is 6.70. The second-order valence-corrected chi connectivity index (χ2v) is 7.12. The molecule has 1 heterocycles. The highest BCUT2D eigenvalue weighted by Crippen LogP contribution is 2.28. The number of hydrogen-bond acceptors (Lipinski definition) is 4. The first kappa shape index (κ1) is 16.7. The van der Waals surface area contributed by atoms with Gasteiger partial charge in [0.15, 0.2) is 11.2 Å². The van der Waals surface area contributed by atoms with Gasteiger partial charge in [-0.2, -0.15) is 0 Å². The SMILES string of the molecule is Cc1ccc(O[C@@H](C)C(=O)Nc2nc3ccc(Cl)cc3s2)c(C)c1. The molecule has 0 aliphatic heterocycles. The number of benzene rings is 2. The summed E-state index contributed by atoms with van der Waals surface area (Å²) in [6, 6.07) is 11.3. The average molecular weight is 361 g/mol. The molecule has 2 aromatic carbocycles. The molecular formula is C18H17ClN2O2S. The number of thiazole rings is 1. The number of fused-ring (bicyclic) bond motifs is 1. The number of aromatic nitrogens is 1. The molecule has 0 saturated heterocycles. The standard InChI is InChI=1S/C18H17ClN2O2S/c1-10-4-7-15(11(2)8-10)23-12(3)17(22)21-18-20-14-6-5-13(19)9-16(14)24-18/h4-9,12H,1-3H3,(H,20,21,22)/t12-/m0/s1. The Balaban J connectivity index is 1.70. The van der Waals surface area contributed by atoms with Crippen molar-refractivity contribution in [2.75, 3.05) is 5.32 Å². The van der Waals surface area contributed by atoms with Gasteiger partial charge < -0.3 is 4.74 Å². The molecule has 6 heteroatoms. The number of nitrogens with one attached hydrogen (secondary N) is 1. The minimum absolute atomic E-state index is 0.236. The van der Waals surface area contributed by atoms with E-state index in [1.165, 1.54) is 11.3 Å². The minimum Gasteiger partial charge on any atom is -0.481 e. The Morgan fingerprint density at radius 3 is 2.79 bits per heavy atom. The van der Waals surface area contributed by atoms with Crippen molar-refractivity contribution < 1.29 is 9.53 Å². The Hall–Kier alpha value is -2.11. The first-order valence-corrected chi connectivity index (χ1v) is 8.72. The largest absolute Gasteiger partial charge is 0.481 e. The first-order chi connectivity index (χ1) is 11.4. The molecule has 3 aromatic rings. The molecule has 1 N–H and O–H groups in total. The Labute approximate surface area is 149 Å². The molecule has 24 heavy (non-hydrogen) atoms. The Morgan fingerprint density at radius 2 is 2.04 bits per heavy atom. The summed E-state index contributed by atoms with van der Waals surface area (Å²) in [5.41, 5.74) is 2.97. The van der Waals surface area contributed by atoms with E-state index in [0.29, 0.717) is 15.9 Å². The molecule has 1 amide bonds. The number of anilines is 1. The van der Waals surface area contributed by atoms with Crippen LogP contribution in [-0.4, -0.2) is 17.0 Å². The molecule has 0 spiro atoms. The molecular weight excluding hydrogens is 344 g/mol. The van der Waals surface area contributed by atoms with Crippen molar-refractivity contribution in [3.8, 4) is 5.75 Å². The fraction of sp³-hybridized carbons (Fsp3) is 0.222. The second kappa shape index (κ2) is 6.79. The lowest BCUT2D eigenvalue weighted by atomic mass is 10.1. The van der Waals surface area contributed by atoms with Crippen LogP contribution in [0.25, 0.3) is 10.2 Å². The monoisotopic (exact) mass is 360 g/mol. The summed E-state index contributed by atoms with van der Waals surface area (Å²) in [5, 5.41) is 3.99. The number of aryl methyl sites for hydroxylation is 2. The Morgan fingerprint density at radius 1 is 1.25 bits per heavy atom. The van der Waals surface area contributed by atoms with E-state index in [9.17, 15) is 4.79 Å². The lowest BCUT2D eigenvalue weighted by Crippen LogP contribution is -2.30. The number of ether oxygens (including phenoxy) is 1. The molecule has 0 aliphatic carbocycles. The maximum absolute atomic E-state index is 12.3. The highest BCUT2D eigenvalue weighted by atomic mass is 35.5. The number of rotatable bonds is 4. The zero-order chi connectivity index (χ0) is 17.3. The highest BCUT2D eigenvalue weighted by molar-refractivity contribution is 7.22. The van der Waals surface area contributed by atoms with Crippen molar-refractivity contribution in [2.45, 2.75) is 26.9 Å². The molecule has 1 atom stereocenters. The molecule has 0 bridgehead atoms. The van der Waals surface area contributed by atoms with Gasteiger partial charge in [-0.15, -0.1) is 0 Å². The predicted octanol–water partition coefficient (Wildman–Crippen LogP) is 4.97. The van der Waals surface area contributed by atoms with Crippen LogP contribution < -0.4 is 10.1 Å². The molecule has 0 fully saturated rings. The molecule has 3 rings (SSSR count). The Kier molecular flexibility index (Phi) is 4.73. The van der Waals surface area contributed by atoms with Gasteiger partial charge in [0, 0.05) is 5.02 Å². The van der Waals surface area contributed by atoms with E-state index in [-0.39, 0.29) is 5.91 Å². The number of carbonyl (C=O) groups excluding carboxylic acids is 1. The smallest absolute Gasteiger partial charge is 0.266 e. The minimum atomic E-state index is -0.623. The zero-order valence-corrected chi connectivity index (χ0v) is 15.2. The van der Waals surface area contributed by atoms with E-state index >= 15 is 0 Å². The normalized spacial score (nSPS) is 12.2. The Bertz CT molecular complexity index is 907. The highest BCUT2D eigenvalue weighted by Gasteiger charge is 2.17. The topological polar surface area (TPSA) is 51.2 Å². The van der Waals surface area contributed by atoms with Crippen molar-refractivity contribution in [3.63, 3.8) is 0 Å². The van der Waals surface area contributed by atoms with E-state index in [2.05, 4.69) is 10.3 Å². The number of nitrogens with zero attached hydrogens (tertiary/aromatic N) is 1. The van der Waals surface area contributed by atoms with Gasteiger partial charge in [-0.1, -0.05) is 40.6 Å². The molecule has 0 saturated carbocycles. The van der Waals surface area contributed by atoms with E-state index in [0.717, 1.165) is 21.3 Å². The maximum atomic E-state index is 12.3. The van der Waals surface area contributed by atoms with Gasteiger partial charge in [0.05, 0.1) is 10.2 Å². The molecule has 124 valence electrons. The summed E-state index contributed by atoms with van der Waals surface area (Å²) in [5.74, 6) is 0.472. The summed E-state index contributed by atoms with van der Waals surface area (Å²) in [7, 11) is 0. The van der Waals surface area contributed by atoms with Crippen molar-refractivity contribution in [2.24, 2.45) is 0 Å². The summed E-state index contributed by atoms with van der Waals surface area (Å²) >= 11 is 7.36. The third-order valence-electron chi connectivity index (χ3n) is 3.58. The number of amides is 1. The number of carbonyl (C=O) groups is 1. The average Bonchev–Trinajstić information content (AvgIpc) is 2.91. The van der Waals surface area contributed by atoms with Crippen molar-refractivity contribution in [3.05, 3.63) is 52.5 Å². The van der Waals surface area contributed by atoms with E-state index in [1.807, 2.05) is 44.2 Å². The summed E-state index contributed by atoms with van der Waals surface area (Å²) in [4.78, 5) is 16.7. The van der Waals surface area contributed by atoms with Gasteiger partial charge >= 0.3 is 0 Å². The molecule has 0 unspecified atom stereocenters. The second-order valence-electron chi connectivity index (χ2n) is 5.65. The van der Waals surface area contributed by atoms with E-state index < -0.39 is 6.10 Å². The predicted molar refractivity (Wildman–Crippen MR) is 99.3 cm³/mol. The van der Waals surface area contributed by atoms with Crippen LogP contribution in [0, 0.1) is 13.8 Å². The van der Waals surface area contributed by atoms with Crippen molar-refractivity contribution in [1.29, 1.82) is 0 Å². The van der Waals surface area contributed by atoms with Crippen LogP contribution in [0.3, 0.4) is 0 Å². The zero-order valence-electron chi connectivity index (χ0n) is 13.6. The molecule has 0 aliphatic rings. The number of hydrogen-bond donors (Lipinski definition) is 1. The van der Waals surface area contributed by atoms with Crippen molar-refractivity contribution in [1.82, 2.24) is 4.98 Å². The van der Waals surface area contributed by atoms with Crippen LogP contribution in [-0.2, 0) is 4.79 Å². The van der Waals surface area contributed by atoms with E-state index in [4.69, 9.17) is 16.3 Å². The van der Waals surface area contributed by atoms with Gasteiger partial charge in [-0.3, -0.25) is 10.1 Å². The molecule has 0 radical (unpaired) electrons. The lowest BCUT2D eigenvalue weighted by Gasteiger charge is -2.15. The summed E-state index contributed by atoms with van der Waals surface area (Å²) in [6.45, 7) is 5.70. The van der Waals surface area contributed by atoms with Gasteiger partial charge in [0.25, 0.3) is 5.91 Å². The number of halogens is 1. The van der Waals surface area contributed by atoms with Gasteiger partial charge in [-0.25, -0.2) is 4.98 Å². The fourth-order valence-corrected chi connectivity index (χ4v) is 3.48. The van der Waals surface area contributed by atoms with Gasteiger partial charge in [-0.05, 0) is 50.6 Å². The first-order valence-electron chi connectivity index (χ1n) is 7.53. The van der Waals surface area contributed by atoms with Crippen LogP contribution in [0.1, 0.15) is 18.1 Å². The van der Waals surface area contributed by atoms with Crippen LogP contribution >= 0.6 is 22.9 Å². The van der Waals surface area contributed by atoms with Gasteiger partial charge in [0.1, 0.15) is 5.75 Å². The van der Waals surface area contributed by atoms with E-state index in [1.54, 1.807) is 13.0 Å². The van der Waals surface area contributed by atoms with Crippen LogP contribution in [0.2, 0.25) is 5.02 Å². The summed E-state index contributed by atoms with van der Waals surface area (Å²) in [6.07, 6.45) is -0.623. The van der Waals surface area contributed by atoms with Crippen LogP contribution in [0.15, 0.2) is 36.4 Å². The maximum Gasteiger partial charge on any atom is 0.266 e. The third-order valence-corrected chi connectivity index (χ3v) is 4.75. The van der Waals surface area contributed by atoms with Gasteiger partial charge in [0.2, 0.25) is 0 Å². The molecule has 1 aromatic heterocycles. The fourth-order valence-electron chi connectivity index (χ4n) is 2.33. The molecule has 4 nitrogen and oxygen atoms in total. The van der Waals surface area contributed by atoms with Crippen LogP contribution in [0.4, 0.5) is 5.13 Å². The lowest BCUT2D eigenvalue weighted by molar-refractivity contribution is -0.122. The third kappa shape index (κ3) is 3.68. The van der Waals surface area contributed by atoms with Crippen LogP contribution in [0.5, 0.6) is 5.75 Å². The van der Waals surface area contributed by atoms with Crippen molar-refractivity contribution >= 4 is 44.2 Å². The quantitative estimate of drug-likeness (QED) is 0.714.